The van der Waals surface area contributed by atoms with Gasteiger partial charge in [-0.3, -0.25) is 0 Å². The number of methoxy groups -OCH3 is 1. The Bertz CT molecular complexity index is 1100. The van der Waals surface area contributed by atoms with E-state index in [1.165, 1.54) is 0 Å². The summed E-state index contributed by atoms with van der Waals surface area (Å²) in [6, 6.07) is 26.2. The molecule has 2 aromatic carbocycles. The minimum Gasteiger partial charge on any atom is -0.496 e. The molecule has 4 rings (SSSR count). The Labute approximate surface area is 171 Å². The summed E-state index contributed by atoms with van der Waals surface area (Å²) >= 11 is 0. The lowest BCUT2D eigenvalue weighted by Crippen LogP contribution is -2.02. The molecule has 4 nitrogen and oxygen atoms in total. The maximum Gasteiger partial charge on any atom is 0.137 e. The van der Waals surface area contributed by atoms with Gasteiger partial charge >= 0.3 is 0 Å². The molecular weight excluding hydrogens is 360 g/mol. The summed E-state index contributed by atoms with van der Waals surface area (Å²) in [5.41, 5.74) is 5.24. The molecule has 0 N–H and O–H groups in total. The number of aromatic nitrogens is 2. The molecule has 0 atom stereocenters. The van der Waals surface area contributed by atoms with Crippen molar-refractivity contribution in [3.8, 4) is 28.6 Å². The van der Waals surface area contributed by atoms with Crippen molar-refractivity contribution in [1.29, 1.82) is 0 Å². The Hall–Kier alpha value is -3.53. The average Bonchev–Trinajstić information content (AvgIpc) is 3.11. The maximum atomic E-state index is 5.93. The fourth-order valence-corrected chi connectivity index (χ4v) is 3.44. The summed E-state index contributed by atoms with van der Waals surface area (Å²) in [6.45, 7) is 4.69. The van der Waals surface area contributed by atoms with Crippen LogP contribution >= 0.6 is 0 Å². The molecule has 0 amide bonds. The van der Waals surface area contributed by atoms with E-state index in [0.717, 1.165) is 45.5 Å². The molecule has 0 unspecified atom stereocenters. The molecule has 0 aliphatic heterocycles. The predicted molar refractivity (Wildman–Crippen MR) is 116 cm³/mol. The summed E-state index contributed by atoms with van der Waals surface area (Å²) < 4.78 is 13.7. The highest BCUT2D eigenvalue weighted by Gasteiger charge is 2.12. The molecule has 0 fully saturated rings. The van der Waals surface area contributed by atoms with Crippen LogP contribution in [-0.4, -0.2) is 16.7 Å². The Morgan fingerprint density at radius 3 is 2.31 bits per heavy atom. The number of benzene rings is 2. The molecule has 2 aromatic heterocycles. The molecule has 0 aliphatic carbocycles. The van der Waals surface area contributed by atoms with E-state index in [1.54, 1.807) is 7.11 Å². The van der Waals surface area contributed by atoms with E-state index in [1.807, 2.05) is 66.7 Å². The van der Waals surface area contributed by atoms with Crippen LogP contribution in [0.2, 0.25) is 0 Å². The highest BCUT2D eigenvalue weighted by atomic mass is 16.5. The smallest absolute Gasteiger partial charge is 0.137 e. The van der Waals surface area contributed by atoms with Crippen LogP contribution in [-0.2, 0) is 6.61 Å². The van der Waals surface area contributed by atoms with Gasteiger partial charge in [-0.1, -0.05) is 36.4 Å². The van der Waals surface area contributed by atoms with Crippen LogP contribution in [0.4, 0.5) is 0 Å². The molecule has 146 valence electrons. The van der Waals surface area contributed by atoms with Gasteiger partial charge in [0.15, 0.2) is 0 Å². The van der Waals surface area contributed by atoms with Crippen LogP contribution in [0.15, 0.2) is 78.9 Å². The predicted octanol–water partition coefficient (Wildman–Crippen LogP) is 5.74. The molecule has 0 bridgehead atoms. The first-order chi connectivity index (χ1) is 14.2. The SMILES string of the molecule is COc1cc(OCc2ccccc2)ccc1-c1cccc(-n2c(C)ccc2C)n1. The van der Waals surface area contributed by atoms with Gasteiger partial charge < -0.3 is 14.0 Å². The lowest BCUT2D eigenvalue weighted by Gasteiger charge is -2.14. The molecule has 4 aromatic rings. The third-order valence-electron chi connectivity index (χ3n) is 4.93. The summed E-state index contributed by atoms with van der Waals surface area (Å²) in [6.07, 6.45) is 0. The first-order valence-electron chi connectivity index (χ1n) is 9.63. The van der Waals surface area contributed by atoms with Gasteiger partial charge in [0.25, 0.3) is 0 Å². The first kappa shape index (κ1) is 18.8. The number of hydrogen-bond donors (Lipinski definition) is 0. The topological polar surface area (TPSA) is 36.3 Å². The second-order valence-corrected chi connectivity index (χ2v) is 6.97. The van der Waals surface area contributed by atoms with Gasteiger partial charge in [-0.05, 0) is 55.8 Å². The Balaban J connectivity index is 1.62. The van der Waals surface area contributed by atoms with Crippen LogP contribution < -0.4 is 9.47 Å². The van der Waals surface area contributed by atoms with Crippen LogP contribution in [0.5, 0.6) is 11.5 Å². The minimum atomic E-state index is 0.517. The zero-order valence-electron chi connectivity index (χ0n) is 16.9. The standard InChI is InChI=1S/C25H24N2O2/c1-18-12-13-19(2)27(18)25-11-7-10-23(26-25)22-15-14-21(16-24(22)28-3)29-17-20-8-5-4-6-9-20/h4-16H,17H2,1-3H3. The Morgan fingerprint density at radius 2 is 1.59 bits per heavy atom. The minimum absolute atomic E-state index is 0.517. The molecule has 0 spiro atoms. The fourth-order valence-electron chi connectivity index (χ4n) is 3.44. The Kier molecular flexibility index (Phi) is 5.34. The average molecular weight is 384 g/mol. The number of hydrogen-bond acceptors (Lipinski definition) is 3. The zero-order chi connectivity index (χ0) is 20.2. The van der Waals surface area contributed by atoms with Gasteiger partial charge in [0.2, 0.25) is 0 Å². The summed E-state index contributed by atoms with van der Waals surface area (Å²) in [5, 5.41) is 0. The van der Waals surface area contributed by atoms with Crippen LogP contribution in [0.3, 0.4) is 0 Å². The van der Waals surface area contributed by atoms with E-state index in [9.17, 15) is 0 Å². The van der Waals surface area contributed by atoms with Gasteiger partial charge in [0, 0.05) is 23.0 Å². The van der Waals surface area contributed by atoms with Gasteiger partial charge in [-0.25, -0.2) is 4.98 Å². The van der Waals surface area contributed by atoms with E-state index < -0.39 is 0 Å². The third kappa shape index (κ3) is 4.02. The second kappa shape index (κ2) is 8.23. The summed E-state index contributed by atoms with van der Waals surface area (Å²) in [5.74, 6) is 2.40. The molecular formula is C25H24N2O2. The Morgan fingerprint density at radius 1 is 0.828 bits per heavy atom. The number of aryl methyl sites for hydroxylation is 2. The lowest BCUT2D eigenvalue weighted by molar-refractivity contribution is 0.304. The molecule has 2 heterocycles. The molecule has 0 saturated carbocycles. The molecule has 4 heteroatoms. The number of pyridine rings is 1. The summed E-state index contributed by atoms with van der Waals surface area (Å²) in [7, 11) is 1.67. The van der Waals surface area contributed by atoms with E-state index in [-0.39, 0.29) is 0 Å². The van der Waals surface area contributed by atoms with Crippen LogP contribution in [0, 0.1) is 13.8 Å². The lowest BCUT2D eigenvalue weighted by atomic mass is 10.1. The number of ether oxygens (including phenoxy) is 2. The highest BCUT2D eigenvalue weighted by molar-refractivity contribution is 5.69. The van der Waals surface area contributed by atoms with Crippen LogP contribution in [0.1, 0.15) is 17.0 Å². The second-order valence-electron chi connectivity index (χ2n) is 6.97. The zero-order valence-corrected chi connectivity index (χ0v) is 16.9. The maximum absolute atomic E-state index is 5.93. The monoisotopic (exact) mass is 384 g/mol. The van der Waals surface area contributed by atoms with Crippen molar-refractivity contribution in [2.75, 3.05) is 7.11 Å². The van der Waals surface area contributed by atoms with Crippen molar-refractivity contribution in [2.45, 2.75) is 20.5 Å². The van der Waals surface area contributed by atoms with Crippen molar-refractivity contribution >= 4 is 0 Å². The molecule has 0 aliphatic rings. The van der Waals surface area contributed by atoms with Gasteiger partial charge in [0.05, 0.1) is 12.8 Å². The van der Waals surface area contributed by atoms with E-state index in [0.29, 0.717) is 6.61 Å². The van der Waals surface area contributed by atoms with Crippen molar-refractivity contribution in [2.24, 2.45) is 0 Å². The normalized spacial score (nSPS) is 10.7. The number of nitrogens with zero attached hydrogens (tertiary/aromatic N) is 2. The first-order valence-corrected chi connectivity index (χ1v) is 9.63. The largest absolute Gasteiger partial charge is 0.496 e. The highest BCUT2D eigenvalue weighted by Crippen LogP contribution is 2.33. The molecule has 0 saturated heterocycles. The van der Waals surface area contributed by atoms with Gasteiger partial charge in [-0.15, -0.1) is 0 Å². The van der Waals surface area contributed by atoms with E-state index in [2.05, 4.69) is 30.5 Å². The van der Waals surface area contributed by atoms with Crippen molar-refractivity contribution in [3.05, 3.63) is 95.8 Å². The molecule has 29 heavy (non-hydrogen) atoms. The van der Waals surface area contributed by atoms with Crippen molar-refractivity contribution < 1.29 is 9.47 Å². The van der Waals surface area contributed by atoms with Crippen LogP contribution in [0.25, 0.3) is 17.1 Å². The third-order valence-corrected chi connectivity index (χ3v) is 4.93. The number of rotatable bonds is 6. The van der Waals surface area contributed by atoms with Crippen molar-refractivity contribution in [3.63, 3.8) is 0 Å². The quantitative estimate of drug-likeness (QED) is 0.425. The van der Waals surface area contributed by atoms with Gasteiger partial charge in [-0.2, -0.15) is 0 Å². The van der Waals surface area contributed by atoms with E-state index >= 15 is 0 Å². The fraction of sp³-hybridized carbons (Fsp3) is 0.160. The summed E-state index contributed by atoms with van der Waals surface area (Å²) in [4.78, 5) is 4.88. The molecule has 0 radical (unpaired) electrons. The van der Waals surface area contributed by atoms with E-state index in [4.69, 9.17) is 14.5 Å². The van der Waals surface area contributed by atoms with Gasteiger partial charge in [0.1, 0.15) is 23.9 Å². The van der Waals surface area contributed by atoms with Crippen molar-refractivity contribution in [1.82, 2.24) is 9.55 Å².